The summed E-state index contributed by atoms with van der Waals surface area (Å²) < 4.78 is 13.0. The van der Waals surface area contributed by atoms with Gasteiger partial charge in [0, 0.05) is 18.8 Å². The highest BCUT2D eigenvalue weighted by atomic mass is 16.7. The lowest BCUT2D eigenvalue weighted by molar-refractivity contribution is -0.150. The van der Waals surface area contributed by atoms with Gasteiger partial charge in [0.25, 0.3) is 5.91 Å². The highest BCUT2D eigenvalue weighted by Gasteiger charge is 2.62. The van der Waals surface area contributed by atoms with Gasteiger partial charge >= 0.3 is 7.12 Å². The highest BCUT2D eigenvalue weighted by molar-refractivity contribution is 6.47. The molecule has 0 spiro atoms. The summed E-state index contributed by atoms with van der Waals surface area (Å²) in [5.41, 5.74) is 1.39. The monoisotopic (exact) mass is 504 g/mol. The molecule has 2 aromatic rings. The third-order valence-electron chi connectivity index (χ3n) is 8.51. The highest BCUT2D eigenvalue weighted by Crippen LogP contribution is 2.61. The van der Waals surface area contributed by atoms with Crippen molar-refractivity contribution in [3.05, 3.63) is 60.2 Å². The quantitative estimate of drug-likeness (QED) is 0.509. The fourth-order valence-electron chi connectivity index (χ4n) is 6.29. The molecule has 2 bridgehead atoms. The van der Waals surface area contributed by atoms with Gasteiger partial charge < -0.3 is 19.9 Å². The molecule has 3 saturated carbocycles. The normalized spacial score (nSPS) is 27.1. The molecule has 1 aromatic carbocycles. The molecule has 1 aromatic heterocycles. The van der Waals surface area contributed by atoms with Crippen LogP contribution in [0.2, 0.25) is 0 Å². The first-order valence-electron chi connectivity index (χ1n) is 13.4. The van der Waals surface area contributed by atoms with Crippen LogP contribution in [0.5, 0.6) is 0 Å². The summed E-state index contributed by atoms with van der Waals surface area (Å²) in [6, 6.07) is 8.87. The van der Waals surface area contributed by atoms with Crippen LogP contribution >= 0.6 is 0 Å². The molecule has 2 amide bonds. The molecule has 4 aliphatic rings. The molecular weight excluding hydrogens is 467 g/mol. The Hall–Kier alpha value is -2.78. The topological polar surface area (TPSA) is 102 Å². The zero-order chi connectivity index (χ0) is 26.2. The number of rotatable bonds is 9. The van der Waals surface area contributed by atoms with Crippen molar-refractivity contribution in [2.24, 2.45) is 23.2 Å². The van der Waals surface area contributed by atoms with Crippen molar-refractivity contribution in [3.63, 3.8) is 0 Å². The summed E-state index contributed by atoms with van der Waals surface area (Å²) in [4.78, 5) is 34.6. The first kappa shape index (κ1) is 25.9. The number of benzene rings is 1. The molecular formula is C28H37BN4O4. The Bertz CT molecular complexity index is 1100. The molecule has 8 nitrogen and oxygen atoms in total. The molecule has 2 N–H and O–H groups in total. The van der Waals surface area contributed by atoms with Gasteiger partial charge in [0.2, 0.25) is 5.91 Å². The molecule has 9 heteroatoms. The van der Waals surface area contributed by atoms with Gasteiger partial charge in [-0.25, -0.2) is 4.98 Å². The van der Waals surface area contributed by atoms with Gasteiger partial charge in [-0.3, -0.25) is 14.6 Å². The van der Waals surface area contributed by atoms with E-state index in [4.69, 9.17) is 9.31 Å². The van der Waals surface area contributed by atoms with E-state index in [-0.39, 0.29) is 35.2 Å². The molecule has 4 fully saturated rings. The number of nitrogens with one attached hydrogen (secondary N) is 2. The maximum Gasteiger partial charge on any atom is 0.481 e. The first-order chi connectivity index (χ1) is 17.7. The number of hydrogen-bond donors (Lipinski definition) is 2. The number of carbonyl (C=O) groups excluding carboxylic acids is 2. The fourth-order valence-corrected chi connectivity index (χ4v) is 6.29. The molecule has 0 radical (unpaired) electrons. The maximum atomic E-state index is 13.7. The van der Waals surface area contributed by atoms with Crippen molar-refractivity contribution < 1.29 is 18.9 Å². The van der Waals surface area contributed by atoms with E-state index >= 15 is 0 Å². The Morgan fingerprint density at radius 1 is 1.11 bits per heavy atom. The van der Waals surface area contributed by atoms with E-state index in [0.29, 0.717) is 30.6 Å². The van der Waals surface area contributed by atoms with E-state index in [9.17, 15) is 9.59 Å². The zero-order valence-electron chi connectivity index (χ0n) is 22.1. The molecule has 37 heavy (non-hydrogen) atoms. The van der Waals surface area contributed by atoms with Crippen LogP contribution in [0.3, 0.4) is 0 Å². The van der Waals surface area contributed by atoms with Gasteiger partial charge in [-0.1, -0.05) is 58.0 Å². The fraction of sp³-hybridized carbons (Fsp3) is 0.571. The smallest absolute Gasteiger partial charge is 0.404 e. The van der Waals surface area contributed by atoms with Gasteiger partial charge in [-0.05, 0) is 48.0 Å². The van der Waals surface area contributed by atoms with Crippen LogP contribution in [0.25, 0.3) is 0 Å². The van der Waals surface area contributed by atoms with Crippen LogP contribution < -0.4 is 10.6 Å². The van der Waals surface area contributed by atoms with E-state index in [0.717, 1.165) is 12.0 Å². The van der Waals surface area contributed by atoms with E-state index < -0.39 is 19.1 Å². The summed E-state index contributed by atoms with van der Waals surface area (Å²) in [6.07, 6.45) is 7.79. The summed E-state index contributed by atoms with van der Waals surface area (Å²) in [5, 5.41) is 6.06. The predicted octanol–water partition coefficient (Wildman–Crippen LogP) is 3.23. The third-order valence-corrected chi connectivity index (χ3v) is 8.51. The molecule has 1 saturated heterocycles. The van der Waals surface area contributed by atoms with Crippen molar-refractivity contribution in [1.29, 1.82) is 0 Å². The molecule has 6 atom stereocenters. The predicted molar refractivity (Wildman–Crippen MR) is 140 cm³/mol. The number of aromatic nitrogens is 2. The van der Waals surface area contributed by atoms with Gasteiger partial charge in [0.1, 0.15) is 11.7 Å². The van der Waals surface area contributed by atoms with Crippen LogP contribution in [0.4, 0.5) is 0 Å². The second-order valence-corrected chi connectivity index (χ2v) is 11.8. The van der Waals surface area contributed by atoms with Crippen LogP contribution in [0.15, 0.2) is 48.9 Å². The standard InChI is InChI=1S/C28H37BN4O4/c1-17(2)12-24(29-36-23-15-19-14-20(25(23)37-29)28(19,3)4)33-26(34)21(13-18-8-6-5-7-9-18)32-27(35)22-16-30-10-11-31-22/h5-11,16-17,19-21,23-25H,12-15H2,1-4H3,(H,32,35)(H,33,34)/t19?,20-,21-,23+,24-,25-/m0/s1. The number of amides is 2. The Kier molecular flexibility index (Phi) is 7.36. The molecule has 1 unspecified atom stereocenters. The van der Waals surface area contributed by atoms with Crippen molar-refractivity contribution in [2.45, 2.75) is 77.6 Å². The zero-order valence-corrected chi connectivity index (χ0v) is 22.1. The van der Waals surface area contributed by atoms with Crippen molar-refractivity contribution in [1.82, 2.24) is 20.6 Å². The Morgan fingerprint density at radius 3 is 2.57 bits per heavy atom. The Morgan fingerprint density at radius 2 is 1.89 bits per heavy atom. The van der Waals surface area contributed by atoms with E-state index in [1.165, 1.54) is 25.0 Å². The second kappa shape index (κ2) is 10.5. The second-order valence-electron chi connectivity index (χ2n) is 11.8. The van der Waals surface area contributed by atoms with Crippen molar-refractivity contribution in [3.8, 4) is 0 Å². The number of hydrogen-bond acceptors (Lipinski definition) is 6. The van der Waals surface area contributed by atoms with Crippen LogP contribution in [-0.2, 0) is 20.5 Å². The molecule has 6 rings (SSSR count). The van der Waals surface area contributed by atoms with E-state index in [2.05, 4.69) is 48.3 Å². The average Bonchev–Trinajstić information content (AvgIpc) is 3.33. The van der Waals surface area contributed by atoms with Crippen molar-refractivity contribution >= 4 is 18.9 Å². The van der Waals surface area contributed by atoms with Crippen LogP contribution in [0.1, 0.15) is 63.0 Å². The Balaban J connectivity index is 1.31. The van der Waals surface area contributed by atoms with E-state index in [1.807, 2.05) is 30.3 Å². The number of carbonyl (C=O) groups is 2. The third kappa shape index (κ3) is 5.43. The summed E-state index contributed by atoms with van der Waals surface area (Å²) >= 11 is 0. The lowest BCUT2D eigenvalue weighted by Gasteiger charge is -2.60. The van der Waals surface area contributed by atoms with Gasteiger partial charge in [0.05, 0.1) is 24.3 Å². The molecule has 1 aliphatic heterocycles. The van der Waals surface area contributed by atoms with Crippen LogP contribution in [-0.4, -0.2) is 53.1 Å². The van der Waals surface area contributed by atoms with Crippen LogP contribution in [0, 0.1) is 23.2 Å². The summed E-state index contributed by atoms with van der Waals surface area (Å²) in [6.45, 7) is 8.91. The minimum Gasteiger partial charge on any atom is -0.404 e. The lowest BCUT2D eigenvalue weighted by Crippen LogP contribution is -2.59. The SMILES string of the molecule is CC(C)C[C@H](NC(=O)[C@H](Cc1ccccc1)NC(=O)c1cnccn1)B1O[C@@H]2[C@@H](CC3C[C@@H]2C3(C)C)O1. The van der Waals surface area contributed by atoms with E-state index in [1.54, 1.807) is 0 Å². The average molecular weight is 504 g/mol. The molecule has 3 aliphatic carbocycles. The minimum atomic E-state index is -0.790. The Labute approximate surface area is 219 Å². The van der Waals surface area contributed by atoms with Gasteiger partial charge in [-0.15, -0.1) is 0 Å². The maximum absolute atomic E-state index is 13.7. The number of nitrogens with zero attached hydrogens (tertiary/aromatic N) is 2. The van der Waals surface area contributed by atoms with Gasteiger partial charge in [0.15, 0.2) is 0 Å². The molecule has 2 heterocycles. The lowest BCUT2D eigenvalue weighted by atomic mass is 9.47. The van der Waals surface area contributed by atoms with Crippen molar-refractivity contribution in [2.75, 3.05) is 0 Å². The minimum absolute atomic E-state index is 0.0769. The largest absolute Gasteiger partial charge is 0.481 e. The summed E-state index contributed by atoms with van der Waals surface area (Å²) in [7, 11) is -0.496. The van der Waals surface area contributed by atoms with Gasteiger partial charge in [-0.2, -0.15) is 0 Å². The summed E-state index contributed by atoms with van der Waals surface area (Å²) in [5.74, 6) is 0.473. The molecule has 196 valence electrons. The first-order valence-corrected chi connectivity index (χ1v) is 13.4.